The van der Waals surface area contributed by atoms with E-state index in [-0.39, 0.29) is 17.2 Å². The molecule has 1 aromatic carbocycles. The lowest BCUT2D eigenvalue weighted by molar-refractivity contribution is -0.130. The van der Waals surface area contributed by atoms with E-state index in [1.807, 2.05) is 35.2 Å². The molecule has 1 amide bonds. The number of rotatable bonds is 5. The maximum absolute atomic E-state index is 12.5. The number of fused-ring (bicyclic) bond motifs is 1. The number of hydrogen-bond acceptors (Lipinski definition) is 4. The van der Waals surface area contributed by atoms with Gasteiger partial charge in [-0.3, -0.25) is 4.79 Å². The Kier molecular flexibility index (Phi) is 4.44. The number of carbonyl (C=O) groups excluding carboxylic acids is 1. The van der Waals surface area contributed by atoms with E-state index in [1.165, 1.54) is 0 Å². The Balaban J connectivity index is 1.66. The van der Waals surface area contributed by atoms with Crippen molar-refractivity contribution in [2.24, 2.45) is 11.3 Å². The second kappa shape index (κ2) is 6.22. The van der Waals surface area contributed by atoms with Crippen molar-refractivity contribution in [3.63, 3.8) is 0 Å². The first-order valence-electron chi connectivity index (χ1n) is 7.72. The van der Waals surface area contributed by atoms with Crippen molar-refractivity contribution in [3.05, 3.63) is 35.9 Å². The molecule has 6 nitrogen and oxygen atoms in total. The number of hydrogen-bond donors (Lipinski definition) is 1. The highest BCUT2D eigenvalue weighted by atomic mass is 32.2. The summed E-state index contributed by atoms with van der Waals surface area (Å²) in [7, 11) is -3.25. The van der Waals surface area contributed by atoms with Gasteiger partial charge in [-0.1, -0.05) is 30.3 Å². The number of nitrogens with one attached hydrogen (secondary N) is 1. The fourth-order valence-corrected chi connectivity index (χ4v) is 3.98. The zero-order valence-electron chi connectivity index (χ0n) is 13.2. The van der Waals surface area contributed by atoms with Gasteiger partial charge in [-0.15, -0.1) is 0 Å². The first-order chi connectivity index (χ1) is 10.9. The van der Waals surface area contributed by atoms with Crippen molar-refractivity contribution < 1.29 is 17.9 Å². The SMILES string of the molecule is CS(=O)(=O)NC[C@@]12COC[C@@H]1CN(C(=O)Cc1ccccc1)C2. The fraction of sp³-hybridized carbons (Fsp3) is 0.562. The van der Waals surface area contributed by atoms with E-state index in [9.17, 15) is 13.2 Å². The van der Waals surface area contributed by atoms with Crippen LogP contribution in [0.15, 0.2) is 30.3 Å². The third-order valence-electron chi connectivity index (χ3n) is 4.76. The second-order valence-corrected chi connectivity index (χ2v) is 8.44. The van der Waals surface area contributed by atoms with E-state index in [2.05, 4.69) is 4.72 Å². The minimum absolute atomic E-state index is 0.0873. The highest BCUT2D eigenvalue weighted by molar-refractivity contribution is 7.88. The lowest BCUT2D eigenvalue weighted by Gasteiger charge is -2.27. The molecule has 2 aliphatic rings. The molecule has 3 rings (SSSR count). The second-order valence-electron chi connectivity index (χ2n) is 6.60. The van der Waals surface area contributed by atoms with Crippen molar-refractivity contribution in [3.8, 4) is 0 Å². The van der Waals surface area contributed by atoms with Gasteiger partial charge in [-0.05, 0) is 5.56 Å². The normalized spacial score (nSPS) is 27.2. The number of ether oxygens (including phenoxy) is 1. The molecule has 2 fully saturated rings. The molecular weight excluding hydrogens is 316 g/mol. The van der Waals surface area contributed by atoms with Gasteiger partial charge in [0, 0.05) is 31.0 Å². The minimum atomic E-state index is -3.25. The van der Waals surface area contributed by atoms with Gasteiger partial charge in [-0.25, -0.2) is 13.1 Å². The van der Waals surface area contributed by atoms with E-state index < -0.39 is 10.0 Å². The van der Waals surface area contributed by atoms with Crippen LogP contribution in [0.3, 0.4) is 0 Å². The molecule has 2 atom stereocenters. The Hall–Kier alpha value is -1.44. The van der Waals surface area contributed by atoms with E-state index in [0.29, 0.717) is 39.3 Å². The molecule has 1 aromatic rings. The summed E-state index contributed by atoms with van der Waals surface area (Å²) in [6, 6.07) is 9.66. The molecule has 2 heterocycles. The van der Waals surface area contributed by atoms with E-state index in [1.54, 1.807) is 0 Å². The Labute approximate surface area is 136 Å². The maximum atomic E-state index is 12.5. The molecule has 0 saturated carbocycles. The molecular formula is C16H22N2O4S. The molecule has 0 spiro atoms. The van der Waals surface area contributed by atoms with E-state index >= 15 is 0 Å². The molecule has 0 aliphatic carbocycles. The number of likely N-dealkylation sites (tertiary alicyclic amines) is 1. The Bertz CT molecular complexity index is 677. The van der Waals surface area contributed by atoms with Crippen LogP contribution in [-0.4, -0.2) is 58.3 Å². The van der Waals surface area contributed by atoms with Crippen molar-refractivity contribution in [1.29, 1.82) is 0 Å². The molecule has 126 valence electrons. The highest BCUT2D eigenvalue weighted by Gasteiger charge is 2.51. The largest absolute Gasteiger partial charge is 0.380 e. The van der Waals surface area contributed by atoms with Gasteiger partial charge in [-0.2, -0.15) is 0 Å². The van der Waals surface area contributed by atoms with Crippen LogP contribution in [0.5, 0.6) is 0 Å². The lowest BCUT2D eigenvalue weighted by atomic mass is 9.81. The van der Waals surface area contributed by atoms with Crippen molar-refractivity contribution >= 4 is 15.9 Å². The Morgan fingerprint density at radius 1 is 1.39 bits per heavy atom. The average Bonchev–Trinajstić information content (AvgIpc) is 3.02. The van der Waals surface area contributed by atoms with Crippen LogP contribution >= 0.6 is 0 Å². The summed E-state index contributed by atoms with van der Waals surface area (Å²) < 4.78 is 30.9. The maximum Gasteiger partial charge on any atom is 0.227 e. The summed E-state index contributed by atoms with van der Waals surface area (Å²) in [6.07, 6.45) is 1.53. The van der Waals surface area contributed by atoms with Gasteiger partial charge >= 0.3 is 0 Å². The van der Waals surface area contributed by atoms with Crippen LogP contribution in [0.2, 0.25) is 0 Å². The number of nitrogens with zero attached hydrogens (tertiary/aromatic N) is 1. The monoisotopic (exact) mass is 338 g/mol. The number of amides is 1. The molecule has 23 heavy (non-hydrogen) atoms. The molecule has 1 N–H and O–H groups in total. The summed E-state index contributed by atoms with van der Waals surface area (Å²) in [5.74, 6) is 0.279. The standard InChI is InChI=1S/C16H22N2O4S/c1-23(20,21)17-10-16-11-18(8-14(16)9-22-12-16)15(19)7-13-5-3-2-4-6-13/h2-6,14,17H,7-12H2,1H3/t14-,16+/m0/s1. The third-order valence-corrected chi connectivity index (χ3v) is 5.43. The zero-order valence-corrected chi connectivity index (χ0v) is 14.0. The number of benzene rings is 1. The van der Waals surface area contributed by atoms with Crippen LogP contribution in [0.4, 0.5) is 0 Å². The van der Waals surface area contributed by atoms with Crippen LogP contribution in [0, 0.1) is 11.3 Å². The van der Waals surface area contributed by atoms with Gasteiger partial charge in [0.25, 0.3) is 0 Å². The molecule has 0 radical (unpaired) electrons. The summed E-state index contributed by atoms with van der Waals surface area (Å²) in [5, 5.41) is 0. The first-order valence-corrected chi connectivity index (χ1v) is 9.61. The molecule has 0 bridgehead atoms. The quantitative estimate of drug-likeness (QED) is 0.835. The summed E-state index contributed by atoms with van der Waals surface area (Å²) in [4.78, 5) is 14.4. The van der Waals surface area contributed by atoms with Gasteiger partial charge in [0.1, 0.15) is 0 Å². The molecule has 2 saturated heterocycles. The van der Waals surface area contributed by atoms with Gasteiger partial charge in [0.05, 0.1) is 25.9 Å². The Morgan fingerprint density at radius 2 is 2.13 bits per heavy atom. The predicted molar refractivity (Wildman–Crippen MR) is 86.3 cm³/mol. The smallest absolute Gasteiger partial charge is 0.227 e. The summed E-state index contributed by atoms with van der Waals surface area (Å²) >= 11 is 0. The molecule has 0 aromatic heterocycles. The molecule has 2 aliphatic heterocycles. The van der Waals surface area contributed by atoms with Gasteiger partial charge in [0.2, 0.25) is 15.9 Å². The van der Waals surface area contributed by atoms with Crippen LogP contribution in [0.25, 0.3) is 0 Å². The van der Waals surface area contributed by atoms with Gasteiger partial charge < -0.3 is 9.64 Å². The van der Waals surface area contributed by atoms with Crippen molar-refractivity contribution in [2.45, 2.75) is 6.42 Å². The fourth-order valence-electron chi connectivity index (χ4n) is 3.43. The summed E-state index contributed by atoms with van der Waals surface area (Å²) in [5.41, 5.74) is 0.698. The van der Waals surface area contributed by atoms with E-state index in [0.717, 1.165) is 11.8 Å². The summed E-state index contributed by atoms with van der Waals surface area (Å²) in [6.45, 7) is 2.59. The van der Waals surface area contributed by atoms with E-state index in [4.69, 9.17) is 4.74 Å². The topological polar surface area (TPSA) is 75.7 Å². The zero-order chi connectivity index (χ0) is 16.5. The molecule has 7 heteroatoms. The lowest BCUT2D eigenvalue weighted by Crippen LogP contribution is -2.43. The van der Waals surface area contributed by atoms with Crippen LogP contribution < -0.4 is 4.72 Å². The molecule has 0 unspecified atom stereocenters. The van der Waals surface area contributed by atoms with Crippen LogP contribution in [-0.2, 0) is 26.0 Å². The van der Waals surface area contributed by atoms with Crippen molar-refractivity contribution in [1.82, 2.24) is 9.62 Å². The minimum Gasteiger partial charge on any atom is -0.380 e. The first kappa shape index (κ1) is 16.4. The third kappa shape index (κ3) is 3.73. The highest BCUT2D eigenvalue weighted by Crippen LogP contribution is 2.41. The predicted octanol–water partition coefficient (Wildman–Crippen LogP) is 0.253. The number of sulfonamides is 1. The van der Waals surface area contributed by atoms with Crippen molar-refractivity contribution in [2.75, 3.05) is 39.1 Å². The average molecular weight is 338 g/mol. The Morgan fingerprint density at radius 3 is 2.83 bits per heavy atom. The number of carbonyl (C=O) groups is 1. The van der Waals surface area contributed by atoms with Crippen LogP contribution in [0.1, 0.15) is 5.56 Å². The van der Waals surface area contributed by atoms with Gasteiger partial charge in [0.15, 0.2) is 0 Å².